The Morgan fingerprint density at radius 2 is 1.85 bits per heavy atom. The number of fused-ring (bicyclic) bond motifs is 1. The lowest BCUT2D eigenvalue weighted by Crippen LogP contribution is -2.43. The first kappa shape index (κ1) is 30.1. The lowest BCUT2D eigenvalue weighted by molar-refractivity contribution is 0.00938. The van der Waals surface area contributed by atoms with Gasteiger partial charge in [-0.2, -0.15) is 10.4 Å². The van der Waals surface area contributed by atoms with Crippen LogP contribution in [-0.2, 0) is 16.8 Å². The van der Waals surface area contributed by atoms with Crippen molar-refractivity contribution < 1.29 is 32.2 Å². The summed E-state index contributed by atoms with van der Waals surface area (Å²) in [5, 5.41) is 29.3. The zero-order valence-electron chi connectivity index (χ0n) is 24.9. The third-order valence-electron chi connectivity index (χ3n) is 9.64. The monoisotopic (exact) mass is 665 g/mol. The molecule has 2 N–H and O–H groups in total. The van der Waals surface area contributed by atoms with Crippen LogP contribution < -0.4 is 10.1 Å². The Morgan fingerprint density at radius 3 is 2.49 bits per heavy atom. The minimum atomic E-state index is -1.83. The number of carbonyl (C=O) groups excluding carboxylic acids is 1. The number of carbonyl (C=O) groups is 1. The van der Waals surface area contributed by atoms with Crippen molar-refractivity contribution in [3.05, 3.63) is 75.8 Å². The molecule has 47 heavy (non-hydrogen) atoms. The van der Waals surface area contributed by atoms with E-state index in [0.29, 0.717) is 61.2 Å². The van der Waals surface area contributed by atoms with Crippen LogP contribution in [0.3, 0.4) is 0 Å². The van der Waals surface area contributed by atoms with E-state index in [0.717, 1.165) is 18.9 Å². The second-order valence-electron chi connectivity index (χ2n) is 13.3. The molecule has 0 bridgehead atoms. The summed E-state index contributed by atoms with van der Waals surface area (Å²) in [7, 11) is 0. The molecule has 4 aliphatic rings. The third-order valence-corrected chi connectivity index (χ3v) is 9.93. The summed E-state index contributed by atoms with van der Waals surface area (Å²) < 4.78 is 67.2. The fourth-order valence-corrected chi connectivity index (χ4v) is 6.26. The minimum Gasteiger partial charge on any atom is -0.488 e. The van der Waals surface area contributed by atoms with Crippen LogP contribution in [0.25, 0.3) is 22.2 Å². The second kappa shape index (κ2) is 10.4. The number of nitrogens with one attached hydrogen (secondary N) is 1. The molecule has 2 aromatic heterocycles. The van der Waals surface area contributed by atoms with Gasteiger partial charge in [-0.25, -0.2) is 27.2 Å². The molecule has 4 aromatic rings. The first-order chi connectivity index (χ1) is 22.4. The van der Waals surface area contributed by atoms with Crippen molar-refractivity contribution in [2.24, 2.45) is 5.92 Å². The van der Waals surface area contributed by atoms with E-state index in [1.54, 1.807) is 18.3 Å². The number of hydrogen-bond donors (Lipinski definition) is 2. The zero-order valence-corrected chi connectivity index (χ0v) is 25.7. The molecule has 0 saturated heterocycles. The maximum Gasteiger partial charge on any atom is 0.251 e. The highest BCUT2D eigenvalue weighted by atomic mass is 35.5. The fraction of sp³-hybridized carbons (Fsp3) is 0.412. The Labute approximate surface area is 271 Å². The van der Waals surface area contributed by atoms with Crippen LogP contribution >= 0.6 is 11.6 Å². The van der Waals surface area contributed by atoms with Crippen LogP contribution in [0.4, 0.5) is 17.6 Å². The smallest absolute Gasteiger partial charge is 0.251 e. The van der Waals surface area contributed by atoms with Gasteiger partial charge in [-0.05, 0) is 68.7 Å². The first-order valence-corrected chi connectivity index (χ1v) is 16.0. The van der Waals surface area contributed by atoms with Crippen LogP contribution in [0.1, 0.15) is 73.0 Å². The van der Waals surface area contributed by atoms with Gasteiger partial charge in [-0.15, -0.1) is 0 Å². The predicted molar refractivity (Wildman–Crippen MR) is 162 cm³/mol. The van der Waals surface area contributed by atoms with Gasteiger partial charge in [0.1, 0.15) is 34.2 Å². The molecule has 0 radical (unpaired) electrons. The summed E-state index contributed by atoms with van der Waals surface area (Å²) in [5.41, 5.74) is -3.43. The maximum absolute atomic E-state index is 16.0. The van der Waals surface area contributed by atoms with Gasteiger partial charge >= 0.3 is 0 Å². The van der Waals surface area contributed by atoms with Gasteiger partial charge in [0.25, 0.3) is 5.91 Å². The molecule has 4 fully saturated rings. The van der Waals surface area contributed by atoms with Crippen LogP contribution in [0.15, 0.2) is 36.5 Å². The number of halogens is 5. The Kier molecular flexibility index (Phi) is 6.67. The Morgan fingerprint density at radius 1 is 1.11 bits per heavy atom. The lowest BCUT2D eigenvalue weighted by Gasteiger charge is -2.30. The largest absolute Gasteiger partial charge is 0.488 e. The standard InChI is InChI=1S/C34H28ClF4N5O3/c35-23-11-21(24(36)13-25(23)37)30-28(38)22(32(15-40)5-6-32)12-27(42-30)34(46,19-1-2-19)16-41-31(45)17-9-18-14-44(33(39)7-8-33)43-29(18)26(10-17)47-20-3-4-20/h9-14,19-20,46H,1-8,16H2,(H,41,45)/t34-/m1/s1. The van der Waals surface area contributed by atoms with Crippen LogP contribution in [-0.4, -0.2) is 38.4 Å². The van der Waals surface area contributed by atoms with Gasteiger partial charge in [-0.1, -0.05) is 11.6 Å². The first-order valence-electron chi connectivity index (χ1n) is 15.6. The van der Waals surface area contributed by atoms with Crippen molar-refractivity contribution in [2.75, 3.05) is 6.54 Å². The summed E-state index contributed by atoms with van der Waals surface area (Å²) in [6.07, 6.45) is 5.80. The Bertz CT molecular complexity index is 2030. The molecule has 8 rings (SSSR count). The third kappa shape index (κ3) is 5.20. The summed E-state index contributed by atoms with van der Waals surface area (Å²) in [6, 6.07) is 8.00. The van der Waals surface area contributed by atoms with Crippen LogP contribution in [0.5, 0.6) is 5.75 Å². The highest BCUT2D eigenvalue weighted by Gasteiger charge is 2.51. The van der Waals surface area contributed by atoms with Crippen LogP contribution in [0.2, 0.25) is 5.02 Å². The number of aliphatic hydroxyl groups is 1. The summed E-state index contributed by atoms with van der Waals surface area (Å²) in [5.74, 6) is -5.25. The number of ether oxygens (including phenoxy) is 1. The van der Waals surface area contributed by atoms with Crippen LogP contribution in [0, 0.1) is 34.7 Å². The number of pyridine rings is 1. The number of hydrogen-bond acceptors (Lipinski definition) is 6. The number of amides is 1. The van der Waals surface area contributed by atoms with E-state index in [2.05, 4.69) is 21.5 Å². The number of aromatic nitrogens is 3. The van der Waals surface area contributed by atoms with E-state index < -0.39 is 56.4 Å². The molecule has 0 spiro atoms. The Hall–Kier alpha value is -4.21. The van der Waals surface area contributed by atoms with Crippen molar-refractivity contribution in [3.8, 4) is 23.1 Å². The molecule has 8 nitrogen and oxygen atoms in total. The van der Waals surface area contributed by atoms with Crippen molar-refractivity contribution >= 4 is 28.4 Å². The maximum atomic E-state index is 16.0. The number of rotatable bonds is 10. The predicted octanol–water partition coefficient (Wildman–Crippen LogP) is 6.71. The molecule has 2 heterocycles. The molecule has 1 atom stereocenters. The number of alkyl halides is 1. The molecular formula is C34H28ClF4N5O3. The average Bonchev–Trinajstić information content (AvgIpc) is 3.85. The van der Waals surface area contributed by atoms with E-state index in [1.165, 1.54) is 10.7 Å². The van der Waals surface area contributed by atoms with Gasteiger partial charge in [0.15, 0.2) is 5.82 Å². The van der Waals surface area contributed by atoms with Gasteiger partial charge < -0.3 is 15.2 Å². The Balaban J connectivity index is 1.15. The molecule has 4 aliphatic carbocycles. The molecule has 13 heteroatoms. The van der Waals surface area contributed by atoms with Crippen molar-refractivity contribution in [1.82, 2.24) is 20.1 Å². The van der Waals surface area contributed by atoms with Gasteiger partial charge in [0.2, 0.25) is 5.79 Å². The highest BCUT2D eigenvalue weighted by molar-refractivity contribution is 6.31. The molecule has 242 valence electrons. The molecular weight excluding hydrogens is 638 g/mol. The van der Waals surface area contributed by atoms with E-state index >= 15 is 8.78 Å². The molecule has 0 aliphatic heterocycles. The lowest BCUT2D eigenvalue weighted by atomic mass is 9.87. The zero-order chi connectivity index (χ0) is 32.9. The number of nitriles is 1. The van der Waals surface area contributed by atoms with Gasteiger partial charge in [-0.3, -0.25) is 4.79 Å². The van der Waals surface area contributed by atoms with E-state index in [9.17, 15) is 23.9 Å². The molecule has 2 aromatic carbocycles. The van der Waals surface area contributed by atoms with Crippen molar-refractivity contribution in [2.45, 2.75) is 74.3 Å². The summed E-state index contributed by atoms with van der Waals surface area (Å²) in [4.78, 5) is 18.0. The van der Waals surface area contributed by atoms with Gasteiger partial charge in [0.05, 0.1) is 34.8 Å². The highest BCUT2D eigenvalue weighted by Crippen LogP contribution is 2.52. The quantitative estimate of drug-likeness (QED) is 0.144. The minimum absolute atomic E-state index is 0.0150. The molecule has 0 unspecified atom stereocenters. The summed E-state index contributed by atoms with van der Waals surface area (Å²) >= 11 is 5.92. The topological polar surface area (TPSA) is 113 Å². The van der Waals surface area contributed by atoms with E-state index in [4.69, 9.17) is 16.3 Å². The molecule has 4 saturated carbocycles. The summed E-state index contributed by atoms with van der Waals surface area (Å²) in [6.45, 7) is -0.343. The van der Waals surface area contributed by atoms with E-state index in [1.807, 2.05) is 0 Å². The van der Waals surface area contributed by atoms with Crippen molar-refractivity contribution in [3.63, 3.8) is 0 Å². The number of nitrogens with zero attached hydrogens (tertiary/aromatic N) is 4. The fourth-order valence-electron chi connectivity index (χ4n) is 6.10. The number of benzene rings is 2. The normalized spacial score (nSPS) is 20.4. The average molecular weight is 666 g/mol. The van der Waals surface area contributed by atoms with Crippen molar-refractivity contribution in [1.29, 1.82) is 5.26 Å². The van der Waals surface area contributed by atoms with E-state index in [-0.39, 0.29) is 35.4 Å². The second-order valence-corrected chi connectivity index (χ2v) is 13.7. The van der Waals surface area contributed by atoms with Gasteiger partial charge in [0, 0.05) is 47.2 Å². The SMILES string of the molecule is N#CC1(c2cc([C@@](O)(CNC(=O)c3cc(OC4CC4)c4nn(C5(F)CC5)cc4c3)C3CC3)nc(-c3cc(Cl)c(F)cc3F)c2F)CC1. The molecule has 1 amide bonds.